The maximum absolute atomic E-state index is 11.8. The number of esters is 1. The van der Waals surface area contributed by atoms with Gasteiger partial charge in [-0.1, -0.05) is 6.07 Å². The van der Waals surface area contributed by atoms with Gasteiger partial charge in [0.15, 0.2) is 35.0 Å². The number of phenolic OH excluding ortho intramolecular Hbond substituents is 1. The van der Waals surface area contributed by atoms with Crippen LogP contribution in [-0.4, -0.2) is 38.0 Å². The molecule has 0 amide bonds. The Bertz CT molecular complexity index is 1200. The van der Waals surface area contributed by atoms with Gasteiger partial charge >= 0.3 is 11.6 Å². The molecule has 4 rings (SSSR count). The summed E-state index contributed by atoms with van der Waals surface area (Å²) in [5.74, 6) is 0.503. The summed E-state index contributed by atoms with van der Waals surface area (Å²) < 4.78 is 33.5. The van der Waals surface area contributed by atoms with E-state index in [1.807, 2.05) is 0 Å². The summed E-state index contributed by atoms with van der Waals surface area (Å²) in [5, 5.41) is 10.5. The fourth-order valence-electron chi connectivity index (χ4n) is 3.40. The minimum Gasteiger partial charge on any atom is -0.504 e. The van der Waals surface area contributed by atoms with Crippen molar-refractivity contribution in [3.05, 3.63) is 52.4 Å². The third kappa shape index (κ3) is 3.81. The van der Waals surface area contributed by atoms with Gasteiger partial charge in [0.2, 0.25) is 11.5 Å². The number of fused-ring (bicyclic) bond motifs is 3. The Balaban J connectivity index is 1.86. The van der Waals surface area contributed by atoms with Crippen molar-refractivity contribution in [1.29, 1.82) is 0 Å². The Hall–Kier alpha value is -3.88. The van der Waals surface area contributed by atoms with Crippen molar-refractivity contribution in [2.75, 3.05) is 20.8 Å². The Labute approximate surface area is 176 Å². The molecule has 2 unspecified atom stereocenters. The van der Waals surface area contributed by atoms with Crippen molar-refractivity contribution in [3.63, 3.8) is 0 Å². The molecule has 0 fully saturated rings. The maximum Gasteiger partial charge on any atom is 0.336 e. The number of methoxy groups -OCH3 is 2. The molecule has 3 aromatic rings. The molecule has 1 aliphatic rings. The molecule has 2 heterocycles. The molecule has 0 aliphatic carbocycles. The van der Waals surface area contributed by atoms with E-state index < -0.39 is 23.8 Å². The largest absolute Gasteiger partial charge is 0.504 e. The zero-order valence-electron chi connectivity index (χ0n) is 17.0. The Morgan fingerprint density at radius 1 is 1.03 bits per heavy atom. The number of hydrogen-bond donors (Lipinski definition) is 1. The number of carbonyl (C=O) groups excluding carboxylic acids is 1. The molecule has 0 spiro atoms. The first-order chi connectivity index (χ1) is 14.9. The van der Waals surface area contributed by atoms with Crippen LogP contribution >= 0.6 is 0 Å². The topological polar surface area (TPSA) is 114 Å². The van der Waals surface area contributed by atoms with E-state index in [0.29, 0.717) is 16.7 Å². The number of benzene rings is 2. The monoisotopic (exact) mass is 428 g/mol. The second kappa shape index (κ2) is 8.10. The van der Waals surface area contributed by atoms with Crippen LogP contribution in [-0.2, 0) is 9.53 Å². The van der Waals surface area contributed by atoms with Gasteiger partial charge in [-0.2, -0.15) is 0 Å². The van der Waals surface area contributed by atoms with Crippen LogP contribution in [0.25, 0.3) is 11.0 Å². The van der Waals surface area contributed by atoms with Crippen LogP contribution in [0, 0.1) is 0 Å². The molecule has 1 N–H and O–H groups in total. The summed E-state index contributed by atoms with van der Waals surface area (Å²) in [6.45, 7) is 1.16. The molecular formula is C22H20O9. The molecule has 0 saturated carbocycles. The molecule has 31 heavy (non-hydrogen) atoms. The van der Waals surface area contributed by atoms with E-state index in [-0.39, 0.29) is 35.2 Å². The highest BCUT2D eigenvalue weighted by Gasteiger charge is 2.38. The molecule has 1 aromatic heterocycles. The van der Waals surface area contributed by atoms with Gasteiger partial charge in [-0.15, -0.1) is 0 Å². The predicted octanol–water partition coefficient (Wildman–Crippen LogP) is 2.96. The number of phenols is 1. The fraction of sp³-hybridized carbons (Fsp3) is 0.273. The minimum absolute atomic E-state index is 0.0368. The van der Waals surface area contributed by atoms with Crippen molar-refractivity contribution in [1.82, 2.24) is 0 Å². The number of ether oxygens (including phenoxy) is 5. The molecule has 0 bridgehead atoms. The van der Waals surface area contributed by atoms with Crippen molar-refractivity contribution in [2.24, 2.45) is 0 Å². The Morgan fingerprint density at radius 2 is 1.81 bits per heavy atom. The Kier molecular flexibility index (Phi) is 5.33. The summed E-state index contributed by atoms with van der Waals surface area (Å²) in [5.41, 5.74) is 0.248. The number of aromatic hydroxyl groups is 1. The van der Waals surface area contributed by atoms with Gasteiger partial charge in [0, 0.05) is 23.9 Å². The van der Waals surface area contributed by atoms with E-state index in [1.165, 1.54) is 33.3 Å². The number of carbonyl (C=O) groups is 1. The molecule has 0 radical (unpaired) electrons. The first-order valence-corrected chi connectivity index (χ1v) is 9.39. The van der Waals surface area contributed by atoms with Crippen molar-refractivity contribution >= 4 is 16.9 Å². The van der Waals surface area contributed by atoms with Crippen LogP contribution in [0.3, 0.4) is 0 Å². The van der Waals surface area contributed by atoms with E-state index in [1.54, 1.807) is 24.3 Å². The summed E-state index contributed by atoms with van der Waals surface area (Å²) in [6, 6.07) is 9.26. The van der Waals surface area contributed by atoms with E-state index in [0.717, 1.165) is 0 Å². The molecule has 9 heteroatoms. The number of hydrogen-bond acceptors (Lipinski definition) is 9. The quantitative estimate of drug-likeness (QED) is 0.484. The van der Waals surface area contributed by atoms with E-state index in [4.69, 9.17) is 28.1 Å². The second-order valence-corrected chi connectivity index (χ2v) is 6.84. The van der Waals surface area contributed by atoms with Gasteiger partial charge < -0.3 is 33.2 Å². The molecular weight excluding hydrogens is 408 g/mol. The zero-order chi connectivity index (χ0) is 22.1. The van der Waals surface area contributed by atoms with E-state index in [9.17, 15) is 14.7 Å². The van der Waals surface area contributed by atoms with Gasteiger partial charge in [0.25, 0.3) is 0 Å². The lowest BCUT2D eigenvalue weighted by Crippen LogP contribution is -2.37. The van der Waals surface area contributed by atoms with Crippen LogP contribution in [0.15, 0.2) is 45.6 Å². The van der Waals surface area contributed by atoms with Crippen LogP contribution in [0.4, 0.5) is 0 Å². The molecule has 1 aliphatic heterocycles. The SMILES string of the molecule is COc1cc(C2Oc3c(OC)cc4ccc(=O)oc4c3OC2COC(C)=O)ccc1O. The molecule has 162 valence electrons. The van der Waals surface area contributed by atoms with Crippen molar-refractivity contribution in [3.8, 4) is 28.7 Å². The fourth-order valence-corrected chi connectivity index (χ4v) is 3.40. The smallest absolute Gasteiger partial charge is 0.336 e. The van der Waals surface area contributed by atoms with Gasteiger partial charge in [-0.05, 0) is 24.3 Å². The van der Waals surface area contributed by atoms with Crippen LogP contribution in [0.1, 0.15) is 18.6 Å². The third-order valence-corrected chi connectivity index (χ3v) is 4.84. The predicted molar refractivity (Wildman–Crippen MR) is 108 cm³/mol. The summed E-state index contributed by atoms with van der Waals surface area (Å²) in [7, 11) is 2.91. The first kappa shape index (κ1) is 20.4. The summed E-state index contributed by atoms with van der Waals surface area (Å²) in [4.78, 5) is 23.2. The molecule has 9 nitrogen and oxygen atoms in total. The molecule has 0 saturated heterocycles. The average Bonchev–Trinajstić information content (AvgIpc) is 2.77. The highest BCUT2D eigenvalue weighted by molar-refractivity contribution is 5.88. The lowest BCUT2D eigenvalue weighted by atomic mass is 10.0. The van der Waals surface area contributed by atoms with Crippen molar-refractivity contribution < 1.29 is 38.0 Å². The normalized spacial score (nSPS) is 17.3. The maximum atomic E-state index is 11.8. The zero-order valence-corrected chi connectivity index (χ0v) is 17.0. The minimum atomic E-state index is -0.786. The van der Waals surface area contributed by atoms with Crippen molar-refractivity contribution in [2.45, 2.75) is 19.1 Å². The highest BCUT2D eigenvalue weighted by Crippen LogP contribution is 2.50. The highest BCUT2D eigenvalue weighted by atomic mass is 16.6. The van der Waals surface area contributed by atoms with Crippen LogP contribution < -0.4 is 24.6 Å². The average molecular weight is 428 g/mol. The lowest BCUT2D eigenvalue weighted by Gasteiger charge is -2.34. The molecule has 2 aromatic carbocycles. The van der Waals surface area contributed by atoms with Crippen LogP contribution in [0.2, 0.25) is 0 Å². The Morgan fingerprint density at radius 3 is 2.52 bits per heavy atom. The number of rotatable bonds is 5. The van der Waals surface area contributed by atoms with Crippen LogP contribution in [0.5, 0.6) is 28.7 Å². The molecule has 2 atom stereocenters. The first-order valence-electron chi connectivity index (χ1n) is 9.39. The van der Waals surface area contributed by atoms with E-state index >= 15 is 0 Å². The van der Waals surface area contributed by atoms with Gasteiger partial charge in [-0.25, -0.2) is 4.79 Å². The lowest BCUT2D eigenvalue weighted by molar-refractivity contribution is -0.145. The summed E-state index contributed by atoms with van der Waals surface area (Å²) >= 11 is 0. The standard InChI is InChI=1S/C22H20O9/c1-11(23)28-10-17-19(12-4-6-14(24)15(8-12)26-2)31-21-16(27-3)9-13-5-7-18(25)30-20(13)22(21)29-17/h4-9,17,19,24H,10H2,1-3H3. The van der Waals surface area contributed by atoms with Gasteiger partial charge in [-0.3, -0.25) is 4.79 Å². The third-order valence-electron chi connectivity index (χ3n) is 4.84. The second-order valence-electron chi connectivity index (χ2n) is 6.84. The van der Waals surface area contributed by atoms with Gasteiger partial charge in [0.1, 0.15) is 6.61 Å². The summed E-state index contributed by atoms with van der Waals surface area (Å²) in [6.07, 6.45) is -1.53. The van der Waals surface area contributed by atoms with Gasteiger partial charge in [0.05, 0.1) is 14.2 Å². The van der Waals surface area contributed by atoms with E-state index in [2.05, 4.69) is 0 Å².